The van der Waals surface area contributed by atoms with E-state index < -0.39 is 0 Å². The Hall–Kier alpha value is -1.99. The van der Waals surface area contributed by atoms with E-state index in [9.17, 15) is 9.59 Å². The van der Waals surface area contributed by atoms with Gasteiger partial charge in [-0.3, -0.25) is 9.69 Å². The van der Waals surface area contributed by atoms with Crippen molar-refractivity contribution in [3.8, 4) is 5.75 Å². The van der Waals surface area contributed by atoms with Crippen LogP contribution in [0, 0.1) is 5.92 Å². The smallest absolute Gasteiger partial charge is 0.320 e. The van der Waals surface area contributed by atoms with Gasteiger partial charge in [-0.25, -0.2) is 4.79 Å². The number of ether oxygens (including phenoxy) is 1. The molecule has 0 aliphatic carbocycles. The molecular weight excluding hydrogens is 416 g/mol. The zero-order valence-corrected chi connectivity index (χ0v) is 19.1. The Labute approximate surface area is 189 Å². The first-order valence-corrected chi connectivity index (χ1v) is 11.8. The van der Waals surface area contributed by atoms with E-state index in [4.69, 9.17) is 16.3 Å². The van der Waals surface area contributed by atoms with Crippen LogP contribution in [0.1, 0.15) is 31.2 Å². The van der Waals surface area contributed by atoms with E-state index >= 15 is 0 Å². The van der Waals surface area contributed by atoms with Crippen LogP contribution in [0.3, 0.4) is 0 Å². The summed E-state index contributed by atoms with van der Waals surface area (Å²) in [5, 5.41) is 0.704. The fourth-order valence-corrected chi connectivity index (χ4v) is 5.15. The van der Waals surface area contributed by atoms with Crippen molar-refractivity contribution in [2.75, 3.05) is 59.5 Å². The average Bonchev–Trinajstić information content (AvgIpc) is 3.34. The van der Waals surface area contributed by atoms with Crippen LogP contribution in [-0.4, -0.2) is 91.0 Å². The molecule has 0 radical (unpaired) electrons. The van der Waals surface area contributed by atoms with Crippen LogP contribution in [0.4, 0.5) is 4.79 Å². The molecule has 1 atom stereocenters. The van der Waals surface area contributed by atoms with Crippen LogP contribution in [0.2, 0.25) is 5.02 Å². The van der Waals surface area contributed by atoms with Crippen LogP contribution in [-0.2, 0) is 11.3 Å². The SMILES string of the molecule is COc1ccc(Cl)cc1CN1CCN(C(=O)C2CCCN(C(=O)N3CCCC3)C2)CC1. The van der Waals surface area contributed by atoms with Crippen LogP contribution in [0.5, 0.6) is 5.75 Å². The summed E-state index contributed by atoms with van der Waals surface area (Å²) in [7, 11) is 1.67. The molecule has 1 aromatic carbocycles. The first-order valence-electron chi connectivity index (χ1n) is 11.4. The van der Waals surface area contributed by atoms with Crippen molar-refractivity contribution in [2.24, 2.45) is 5.92 Å². The third-order valence-corrected chi connectivity index (χ3v) is 6.97. The molecule has 1 unspecified atom stereocenters. The topological polar surface area (TPSA) is 56.3 Å². The van der Waals surface area contributed by atoms with E-state index in [0.717, 1.165) is 89.4 Å². The van der Waals surface area contributed by atoms with Gasteiger partial charge in [-0.2, -0.15) is 0 Å². The van der Waals surface area contributed by atoms with Crippen molar-refractivity contribution >= 4 is 23.5 Å². The van der Waals surface area contributed by atoms with Gasteiger partial charge in [-0.15, -0.1) is 0 Å². The van der Waals surface area contributed by atoms with E-state index in [1.807, 2.05) is 32.9 Å². The van der Waals surface area contributed by atoms with Crippen LogP contribution in [0.25, 0.3) is 0 Å². The van der Waals surface area contributed by atoms with Crippen LogP contribution >= 0.6 is 11.6 Å². The van der Waals surface area contributed by atoms with Crippen molar-refractivity contribution in [2.45, 2.75) is 32.2 Å². The highest BCUT2D eigenvalue weighted by molar-refractivity contribution is 6.30. The fraction of sp³-hybridized carbons (Fsp3) is 0.652. The largest absolute Gasteiger partial charge is 0.496 e. The van der Waals surface area contributed by atoms with E-state index in [1.165, 1.54) is 0 Å². The van der Waals surface area contributed by atoms with Gasteiger partial charge in [0.05, 0.1) is 13.0 Å². The quantitative estimate of drug-likeness (QED) is 0.710. The van der Waals surface area contributed by atoms with Crippen LogP contribution < -0.4 is 4.74 Å². The molecule has 0 saturated carbocycles. The van der Waals surface area contributed by atoms with Gasteiger partial charge in [0, 0.05) is 69.5 Å². The number of hydrogen-bond donors (Lipinski definition) is 0. The lowest BCUT2D eigenvalue weighted by molar-refractivity contribution is -0.138. The third-order valence-electron chi connectivity index (χ3n) is 6.74. The first-order chi connectivity index (χ1) is 15.0. The second-order valence-corrected chi connectivity index (χ2v) is 9.26. The summed E-state index contributed by atoms with van der Waals surface area (Å²) < 4.78 is 5.46. The average molecular weight is 449 g/mol. The monoisotopic (exact) mass is 448 g/mol. The highest BCUT2D eigenvalue weighted by Gasteiger charge is 2.34. The standard InChI is InChI=1S/C23H33ClN4O3/c1-31-21-7-6-20(24)15-19(21)16-25-11-13-26(14-12-25)22(29)18-5-4-10-28(17-18)23(30)27-8-2-3-9-27/h6-7,15,18H,2-5,8-14,16-17H2,1H3. The van der Waals surface area contributed by atoms with Crippen molar-refractivity contribution in [3.63, 3.8) is 0 Å². The molecule has 7 nitrogen and oxygen atoms in total. The van der Waals surface area contributed by atoms with Crippen molar-refractivity contribution in [1.82, 2.24) is 19.6 Å². The summed E-state index contributed by atoms with van der Waals surface area (Å²) >= 11 is 6.16. The summed E-state index contributed by atoms with van der Waals surface area (Å²) in [6.45, 7) is 6.89. The minimum atomic E-state index is -0.0696. The number of piperidine rings is 1. The lowest BCUT2D eigenvalue weighted by atomic mass is 9.96. The second-order valence-electron chi connectivity index (χ2n) is 8.82. The number of carbonyl (C=O) groups excluding carboxylic acids is 2. The lowest BCUT2D eigenvalue weighted by Gasteiger charge is -2.39. The van der Waals surface area contributed by atoms with Crippen molar-refractivity contribution in [1.29, 1.82) is 0 Å². The van der Waals surface area contributed by atoms with Crippen molar-refractivity contribution in [3.05, 3.63) is 28.8 Å². The first kappa shape index (κ1) is 22.2. The Bertz CT molecular complexity index is 791. The Morgan fingerprint density at radius 3 is 2.39 bits per heavy atom. The van der Waals surface area contributed by atoms with Gasteiger partial charge in [0.15, 0.2) is 0 Å². The normalized spacial score (nSPS) is 22.6. The number of urea groups is 1. The van der Waals surface area contributed by atoms with E-state index in [0.29, 0.717) is 11.6 Å². The molecule has 0 aromatic heterocycles. The predicted molar refractivity (Wildman–Crippen MR) is 120 cm³/mol. The number of nitrogens with zero attached hydrogens (tertiary/aromatic N) is 4. The zero-order valence-electron chi connectivity index (χ0n) is 18.4. The lowest BCUT2D eigenvalue weighted by Crippen LogP contribution is -2.54. The van der Waals surface area contributed by atoms with E-state index in [-0.39, 0.29) is 17.9 Å². The fourth-order valence-electron chi connectivity index (χ4n) is 4.96. The number of carbonyl (C=O) groups is 2. The molecule has 4 rings (SSSR count). The minimum absolute atomic E-state index is 0.0696. The molecule has 3 amide bonds. The summed E-state index contributed by atoms with van der Waals surface area (Å²) in [5.74, 6) is 0.978. The maximum Gasteiger partial charge on any atom is 0.320 e. The molecule has 3 aliphatic heterocycles. The molecule has 0 spiro atoms. The molecule has 8 heteroatoms. The number of halogens is 1. The molecule has 3 aliphatic rings. The summed E-state index contributed by atoms with van der Waals surface area (Å²) in [6.07, 6.45) is 3.97. The Kier molecular flexibility index (Phi) is 7.23. The highest BCUT2D eigenvalue weighted by atomic mass is 35.5. The maximum absolute atomic E-state index is 13.2. The predicted octanol–water partition coefficient (Wildman–Crippen LogP) is 2.92. The maximum atomic E-state index is 13.2. The summed E-state index contributed by atoms with van der Waals surface area (Å²) in [5.41, 5.74) is 1.07. The summed E-state index contributed by atoms with van der Waals surface area (Å²) in [6, 6.07) is 5.81. The number of hydrogen-bond acceptors (Lipinski definition) is 4. The van der Waals surface area contributed by atoms with Gasteiger partial charge in [-0.1, -0.05) is 11.6 Å². The zero-order chi connectivity index (χ0) is 21.8. The Morgan fingerprint density at radius 1 is 0.968 bits per heavy atom. The molecule has 1 aromatic rings. The summed E-state index contributed by atoms with van der Waals surface area (Å²) in [4.78, 5) is 34.1. The van der Waals surface area contributed by atoms with Gasteiger partial charge < -0.3 is 19.4 Å². The number of amides is 3. The molecule has 3 heterocycles. The van der Waals surface area contributed by atoms with E-state index in [1.54, 1.807) is 7.11 Å². The number of methoxy groups -OCH3 is 1. The number of benzene rings is 1. The van der Waals surface area contributed by atoms with Gasteiger partial charge in [0.1, 0.15) is 5.75 Å². The molecule has 0 bridgehead atoms. The highest BCUT2D eigenvalue weighted by Crippen LogP contribution is 2.25. The Balaban J connectivity index is 1.29. The third kappa shape index (κ3) is 5.26. The van der Waals surface area contributed by atoms with Crippen molar-refractivity contribution < 1.29 is 14.3 Å². The second kappa shape index (κ2) is 10.1. The molecule has 170 valence electrons. The Morgan fingerprint density at radius 2 is 1.68 bits per heavy atom. The molecule has 3 saturated heterocycles. The van der Waals surface area contributed by atoms with Gasteiger partial charge >= 0.3 is 6.03 Å². The molecular formula is C23H33ClN4O3. The molecule has 3 fully saturated rings. The number of rotatable bonds is 4. The number of likely N-dealkylation sites (tertiary alicyclic amines) is 2. The van der Waals surface area contributed by atoms with Gasteiger partial charge in [0.25, 0.3) is 0 Å². The van der Waals surface area contributed by atoms with Gasteiger partial charge in [0.2, 0.25) is 5.91 Å². The van der Waals surface area contributed by atoms with Gasteiger partial charge in [-0.05, 0) is 43.9 Å². The van der Waals surface area contributed by atoms with E-state index in [2.05, 4.69) is 4.90 Å². The van der Waals surface area contributed by atoms with Crippen LogP contribution in [0.15, 0.2) is 18.2 Å². The molecule has 31 heavy (non-hydrogen) atoms. The number of piperazine rings is 1. The minimum Gasteiger partial charge on any atom is -0.496 e. The molecule has 0 N–H and O–H groups in total.